The van der Waals surface area contributed by atoms with Gasteiger partial charge in [-0.1, -0.05) is 31.0 Å². The Bertz CT molecular complexity index is 501. The summed E-state index contributed by atoms with van der Waals surface area (Å²) in [6.07, 6.45) is 5.45. The predicted octanol–water partition coefficient (Wildman–Crippen LogP) is 3.61. The zero-order valence-electron chi connectivity index (χ0n) is 11.0. The van der Waals surface area contributed by atoms with Crippen molar-refractivity contribution in [3.05, 3.63) is 36.1 Å². The highest BCUT2D eigenvalue weighted by molar-refractivity contribution is 7.99. The van der Waals surface area contributed by atoms with Crippen molar-refractivity contribution in [1.82, 2.24) is 5.43 Å². The molecule has 1 aromatic heterocycles. The number of hydrazine groups is 1. The van der Waals surface area contributed by atoms with E-state index in [1.54, 1.807) is 0 Å². The second-order valence-corrected chi connectivity index (χ2v) is 6.48. The van der Waals surface area contributed by atoms with Crippen molar-refractivity contribution >= 4 is 22.7 Å². The number of hydrogen-bond donors (Lipinski definition) is 2. The summed E-state index contributed by atoms with van der Waals surface area (Å²) < 4.78 is 5.88. The van der Waals surface area contributed by atoms with Gasteiger partial charge in [0.2, 0.25) is 0 Å². The van der Waals surface area contributed by atoms with E-state index in [0.29, 0.717) is 0 Å². The average Bonchev–Trinajstić information content (AvgIpc) is 3.08. The SMILES string of the molecule is NNC(CSC1CCCC1)c1cc2ccccc2o1. The summed E-state index contributed by atoms with van der Waals surface area (Å²) in [5, 5.41) is 1.95. The Hall–Kier alpha value is -0.970. The average molecular weight is 276 g/mol. The molecule has 1 heterocycles. The molecule has 0 saturated heterocycles. The molecular formula is C15H20N2OS. The summed E-state index contributed by atoms with van der Waals surface area (Å²) >= 11 is 2.02. The first-order valence-corrected chi connectivity index (χ1v) is 7.98. The van der Waals surface area contributed by atoms with E-state index in [1.807, 2.05) is 30.0 Å². The fourth-order valence-corrected chi connectivity index (χ4v) is 4.07. The van der Waals surface area contributed by atoms with Crippen LogP contribution in [0.4, 0.5) is 0 Å². The smallest absolute Gasteiger partial charge is 0.134 e. The number of rotatable bonds is 5. The van der Waals surface area contributed by atoms with Gasteiger partial charge < -0.3 is 4.42 Å². The lowest BCUT2D eigenvalue weighted by atomic mass is 10.2. The predicted molar refractivity (Wildman–Crippen MR) is 81.0 cm³/mol. The van der Waals surface area contributed by atoms with Crippen LogP contribution in [-0.2, 0) is 0 Å². The van der Waals surface area contributed by atoms with Gasteiger partial charge in [0.25, 0.3) is 0 Å². The van der Waals surface area contributed by atoms with Crippen LogP contribution in [0.3, 0.4) is 0 Å². The third-order valence-electron chi connectivity index (χ3n) is 3.79. The summed E-state index contributed by atoms with van der Waals surface area (Å²) in [5.41, 5.74) is 3.82. The maximum atomic E-state index is 5.88. The normalized spacial score (nSPS) is 18.2. The van der Waals surface area contributed by atoms with Crippen LogP contribution in [-0.4, -0.2) is 11.0 Å². The number of nitrogens with one attached hydrogen (secondary N) is 1. The van der Waals surface area contributed by atoms with Gasteiger partial charge >= 0.3 is 0 Å². The van der Waals surface area contributed by atoms with Crippen LogP contribution < -0.4 is 11.3 Å². The molecule has 0 aliphatic heterocycles. The summed E-state index contributed by atoms with van der Waals surface area (Å²) in [4.78, 5) is 0. The van der Waals surface area contributed by atoms with Gasteiger partial charge in [0.15, 0.2) is 0 Å². The van der Waals surface area contributed by atoms with Gasteiger partial charge in [-0.05, 0) is 25.0 Å². The van der Waals surface area contributed by atoms with Crippen LogP contribution in [0.1, 0.15) is 37.5 Å². The fraction of sp³-hybridized carbons (Fsp3) is 0.467. The van der Waals surface area contributed by atoms with E-state index >= 15 is 0 Å². The zero-order chi connectivity index (χ0) is 13.1. The van der Waals surface area contributed by atoms with E-state index in [4.69, 9.17) is 10.3 Å². The number of fused-ring (bicyclic) bond motifs is 1. The lowest BCUT2D eigenvalue weighted by Gasteiger charge is -2.15. The molecule has 1 aliphatic carbocycles. The van der Waals surface area contributed by atoms with E-state index in [1.165, 1.54) is 25.7 Å². The Balaban J connectivity index is 1.69. The third kappa shape index (κ3) is 2.96. The molecule has 0 spiro atoms. The van der Waals surface area contributed by atoms with Crippen LogP contribution in [0, 0.1) is 0 Å². The van der Waals surface area contributed by atoms with Crippen molar-refractivity contribution in [2.75, 3.05) is 5.75 Å². The highest BCUT2D eigenvalue weighted by Crippen LogP contribution is 2.33. The van der Waals surface area contributed by atoms with E-state index in [-0.39, 0.29) is 6.04 Å². The van der Waals surface area contributed by atoms with Crippen molar-refractivity contribution in [1.29, 1.82) is 0 Å². The van der Waals surface area contributed by atoms with Crippen molar-refractivity contribution in [2.45, 2.75) is 37.0 Å². The summed E-state index contributed by atoms with van der Waals surface area (Å²) in [6.45, 7) is 0. The quantitative estimate of drug-likeness (QED) is 0.647. The molecule has 3 rings (SSSR count). The van der Waals surface area contributed by atoms with E-state index < -0.39 is 0 Å². The summed E-state index contributed by atoms with van der Waals surface area (Å²) in [7, 11) is 0. The van der Waals surface area contributed by atoms with Crippen molar-refractivity contribution in [3.63, 3.8) is 0 Å². The second kappa shape index (κ2) is 5.99. The van der Waals surface area contributed by atoms with Crippen LogP contribution in [0.15, 0.2) is 34.7 Å². The fourth-order valence-electron chi connectivity index (χ4n) is 2.67. The van der Waals surface area contributed by atoms with Gasteiger partial charge in [0.1, 0.15) is 11.3 Å². The molecule has 0 bridgehead atoms. The Labute approximate surface area is 117 Å². The van der Waals surface area contributed by atoms with Crippen LogP contribution in [0.25, 0.3) is 11.0 Å². The maximum Gasteiger partial charge on any atom is 0.134 e. The van der Waals surface area contributed by atoms with Crippen molar-refractivity contribution in [3.8, 4) is 0 Å². The molecule has 4 heteroatoms. The van der Waals surface area contributed by atoms with Gasteiger partial charge in [0.05, 0.1) is 6.04 Å². The Morgan fingerprint density at radius 3 is 2.84 bits per heavy atom. The van der Waals surface area contributed by atoms with Crippen LogP contribution in [0.2, 0.25) is 0 Å². The molecule has 1 unspecified atom stereocenters. The number of thioether (sulfide) groups is 1. The van der Waals surface area contributed by atoms with Crippen LogP contribution in [0.5, 0.6) is 0 Å². The van der Waals surface area contributed by atoms with E-state index in [2.05, 4.69) is 17.6 Å². The second-order valence-electron chi connectivity index (χ2n) is 5.15. The summed E-state index contributed by atoms with van der Waals surface area (Å²) in [6, 6.07) is 10.3. The molecule has 19 heavy (non-hydrogen) atoms. The summed E-state index contributed by atoms with van der Waals surface area (Å²) in [5.74, 6) is 7.60. The van der Waals surface area contributed by atoms with Gasteiger partial charge in [-0.3, -0.25) is 5.84 Å². The molecule has 1 saturated carbocycles. The first kappa shape index (κ1) is 13.0. The highest BCUT2D eigenvalue weighted by atomic mass is 32.2. The largest absolute Gasteiger partial charge is 0.459 e. The molecule has 1 atom stereocenters. The minimum absolute atomic E-state index is 0.0954. The van der Waals surface area contributed by atoms with Gasteiger partial charge in [0, 0.05) is 16.4 Å². The maximum absolute atomic E-state index is 5.88. The first-order valence-electron chi connectivity index (χ1n) is 6.93. The molecule has 1 fully saturated rings. The monoisotopic (exact) mass is 276 g/mol. The Morgan fingerprint density at radius 1 is 1.32 bits per heavy atom. The van der Waals surface area contributed by atoms with Crippen molar-refractivity contribution < 1.29 is 4.42 Å². The molecule has 2 aromatic rings. The Morgan fingerprint density at radius 2 is 2.11 bits per heavy atom. The van der Waals surface area contributed by atoms with Gasteiger partial charge in [-0.2, -0.15) is 11.8 Å². The molecule has 102 valence electrons. The van der Waals surface area contributed by atoms with Crippen LogP contribution >= 0.6 is 11.8 Å². The number of furan rings is 1. The lowest BCUT2D eigenvalue weighted by molar-refractivity contribution is 0.463. The van der Waals surface area contributed by atoms with E-state index in [9.17, 15) is 0 Å². The van der Waals surface area contributed by atoms with E-state index in [0.717, 1.165) is 27.7 Å². The molecule has 0 amide bonds. The lowest BCUT2D eigenvalue weighted by Crippen LogP contribution is -2.29. The minimum atomic E-state index is 0.0954. The minimum Gasteiger partial charge on any atom is -0.459 e. The molecule has 1 aromatic carbocycles. The molecule has 3 N–H and O–H groups in total. The number of nitrogens with two attached hydrogens (primary N) is 1. The highest BCUT2D eigenvalue weighted by Gasteiger charge is 2.20. The Kier molecular flexibility index (Phi) is 4.11. The standard InChI is InChI=1S/C15H20N2OS/c16-17-13(10-19-12-6-2-3-7-12)15-9-11-5-1-4-8-14(11)18-15/h1,4-5,8-9,12-13,17H,2-3,6-7,10,16H2. The molecular weight excluding hydrogens is 256 g/mol. The molecule has 3 nitrogen and oxygen atoms in total. The number of para-hydroxylation sites is 1. The molecule has 1 aliphatic rings. The van der Waals surface area contributed by atoms with Gasteiger partial charge in [-0.25, -0.2) is 5.43 Å². The zero-order valence-corrected chi connectivity index (χ0v) is 11.8. The molecule has 0 radical (unpaired) electrons. The first-order chi connectivity index (χ1) is 9.36. The van der Waals surface area contributed by atoms with Gasteiger partial charge in [-0.15, -0.1) is 0 Å². The topological polar surface area (TPSA) is 51.2 Å². The number of benzene rings is 1. The van der Waals surface area contributed by atoms with Crippen molar-refractivity contribution in [2.24, 2.45) is 5.84 Å². The number of hydrogen-bond acceptors (Lipinski definition) is 4. The third-order valence-corrected chi connectivity index (χ3v) is 5.26.